The average molecular weight is 271 g/mol. The summed E-state index contributed by atoms with van der Waals surface area (Å²) in [6.07, 6.45) is 0. The molecule has 2 aromatic rings. The monoisotopic (exact) mass is 271 g/mol. The van der Waals surface area contributed by atoms with Crippen molar-refractivity contribution in [3.05, 3.63) is 63.7 Å². The SMILES string of the molecule is CC(=O)c1ccccc1Oc1cc([N+](=O)[O-])ccc1C. The summed E-state index contributed by atoms with van der Waals surface area (Å²) in [5.74, 6) is 0.639. The number of non-ortho nitro benzene ring substituents is 1. The van der Waals surface area contributed by atoms with Gasteiger partial charge in [0.1, 0.15) is 11.5 Å². The van der Waals surface area contributed by atoms with Crippen molar-refractivity contribution in [1.29, 1.82) is 0 Å². The van der Waals surface area contributed by atoms with Crippen molar-refractivity contribution in [3.8, 4) is 11.5 Å². The number of nitro benzene ring substituents is 1. The molecule has 0 amide bonds. The van der Waals surface area contributed by atoms with Gasteiger partial charge in [0.2, 0.25) is 0 Å². The topological polar surface area (TPSA) is 69.4 Å². The van der Waals surface area contributed by atoms with E-state index in [1.165, 1.54) is 19.1 Å². The molecule has 2 rings (SSSR count). The second-order valence-electron chi connectivity index (χ2n) is 4.36. The van der Waals surface area contributed by atoms with Gasteiger partial charge in [-0.2, -0.15) is 0 Å². The second kappa shape index (κ2) is 5.52. The van der Waals surface area contributed by atoms with Crippen LogP contribution in [0.3, 0.4) is 0 Å². The van der Waals surface area contributed by atoms with Gasteiger partial charge in [0, 0.05) is 6.07 Å². The quantitative estimate of drug-likeness (QED) is 0.480. The molecule has 0 N–H and O–H groups in total. The maximum atomic E-state index is 11.5. The highest BCUT2D eigenvalue weighted by molar-refractivity contribution is 5.96. The minimum Gasteiger partial charge on any atom is -0.456 e. The summed E-state index contributed by atoms with van der Waals surface area (Å²) < 4.78 is 5.67. The van der Waals surface area contributed by atoms with Crippen molar-refractivity contribution in [2.75, 3.05) is 0 Å². The Morgan fingerprint density at radius 1 is 1.15 bits per heavy atom. The molecule has 20 heavy (non-hydrogen) atoms. The smallest absolute Gasteiger partial charge is 0.273 e. The standard InChI is InChI=1S/C15H13NO4/c1-10-7-8-12(16(18)19)9-15(10)20-14-6-4-3-5-13(14)11(2)17/h3-9H,1-2H3. The van der Waals surface area contributed by atoms with Crippen LogP contribution in [0.25, 0.3) is 0 Å². The molecular weight excluding hydrogens is 258 g/mol. The van der Waals surface area contributed by atoms with Gasteiger partial charge in [0.15, 0.2) is 5.78 Å². The Balaban J connectivity index is 2.42. The van der Waals surface area contributed by atoms with E-state index in [4.69, 9.17) is 4.74 Å². The van der Waals surface area contributed by atoms with Crippen LogP contribution in [0.4, 0.5) is 5.69 Å². The van der Waals surface area contributed by atoms with E-state index >= 15 is 0 Å². The third kappa shape index (κ3) is 2.83. The Kier molecular flexibility index (Phi) is 3.79. The summed E-state index contributed by atoms with van der Waals surface area (Å²) in [5.41, 5.74) is 1.15. The van der Waals surface area contributed by atoms with E-state index in [2.05, 4.69) is 0 Å². The second-order valence-corrected chi connectivity index (χ2v) is 4.36. The Bertz CT molecular complexity index is 679. The summed E-state index contributed by atoms with van der Waals surface area (Å²) in [5, 5.41) is 10.8. The number of carbonyl (C=O) groups is 1. The van der Waals surface area contributed by atoms with Crippen molar-refractivity contribution in [2.45, 2.75) is 13.8 Å². The largest absolute Gasteiger partial charge is 0.456 e. The number of Topliss-reactive ketones (excluding diaryl/α,β-unsaturated/α-hetero) is 1. The summed E-state index contributed by atoms with van der Waals surface area (Å²) in [6.45, 7) is 3.23. The number of para-hydroxylation sites is 1. The van der Waals surface area contributed by atoms with Crippen LogP contribution in [0.1, 0.15) is 22.8 Å². The van der Waals surface area contributed by atoms with Crippen molar-refractivity contribution >= 4 is 11.5 Å². The molecule has 0 unspecified atom stereocenters. The molecule has 0 saturated heterocycles. The number of nitro groups is 1. The van der Waals surface area contributed by atoms with Gasteiger partial charge < -0.3 is 4.74 Å². The van der Waals surface area contributed by atoms with Crippen LogP contribution in [-0.2, 0) is 0 Å². The fraction of sp³-hybridized carbons (Fsp3) is 0.133. The molecule has 5 nitrogen and oxygen atoms in total. The Labute approximate surface area is 116 Å². The minimum absolute atomic E-state index is 0.0501. The number of hydrogen-bond acceptors (Lipinski definition) is 4. The van der Waals surface area contributed by atoms with Crippen molar-refractivity contribution in [2.24, 2.45) is 0 Å². The molecule has 0 fully saturated rings. The van der Waals surface area contributed by atoms with Crippen LogP contribution in [-0.4, -0.2) is 10.7 Å². The highest BCUT2D eigenvalue weighted by atomic mass is 16.6. The number of carbonyl (C=O) groups excluding carboxylic acids is 1. The Morgan fingerprint density at radius 2 is 1.85 bits per heavy atom. The summed E-state index contributed by atoms with van der Waals surface area (Å²) in [4.78, 5) is 21.8. The first-order valence-electron chi connectivity index (χ1n) is 6.02. The van der Waals surface area contributed by atoms with Gasteiger partial charge in [0.05, 0.1) is 16.6 Å². The van der Waals surface area contributed by atoms with E-state index in [1.807, 2.05) is 0 Å². The molecule has 0 atom stereocenters. The normalized spacial score (nSPS) is 10.1. The fourth-order valence-corrected chi connectivity index (χ4v) is 1.78. The highest BCUT2D eigenvalue weighted by Crippen LogP contribution is 2.30. The first-order valence-corrected chi connectivity index (χ1v) is 6.02. The lowest BCUT2D eigenvalue weighted by Crippen LogP contribution is -1.98. The van der Waals surface area contributed by atoms with Crippen LogP contribution >= 0.6 is 0 Å². The Morgan fingerprint density at radius 3 is 2.50 bits per heavy atom. The molecule has 0 saturated carbocycles. The minimum atomic E-state index is -0.483. The first kappa shape index (κ1) is 13.7. The van der Waals surface area contributed by atoms with Crippen LogP contribution in [0.5, 0.6) is 11.5 Å². The number of benzene rings is 2. The number of nitrogens with zero attached hydrogens (tertiary/aromatic N) is 1. The molecule has 0 aromatic heterocycles. The van der Waals surface area contributed by atoms with Gasteiger partial charge in [-0.05, 0) is 37.6 Å². The zero-order valence-electron chi connectivity index (χ0n) is 11.1. The lowest BCUT2D eigenvalue weighted by Gasteiger charge is -2.11. The molecule has 0 aliphatic rings. The van der Waals surface area contributed by atoms with Gasteiger partial charge >= 0.3 is 0 Å². The summed E-state index contributed by atoms with van der Waals surface area (Å²) in [7, 11) is 0. The third-order valence-corrected chi connectivity index (χ3v) is 2.87. The maximum Gasteiger partial charge on any atom is 0.273 e. The van der Waals surface area contributed by atoms with Crippen LogP contribution in [0.2, 0.25) is 0 Å². The predicted octanol–water partition coefficient (Wildman–Crippen LogP) is 3.90. The lowest BCUT2D eigenvalue weighted by molar-refractivity contribution is -0.384. The molecule has 0 radical (unpaired) electrons. The molecular formula is C15H13NO4. The van der Waals surface area contributed by atoms with E-state index in [0.717, 1.165) is 5.56 Å². The third-order valence-electron chi connectivity index (χ3n) is 2.87. The lowest BCUT2D eigenvalue weighted by atomic mass is 10.1. The zero-order chi connectivity index (χ0) is 14.7. The van der Waals surface area contributed by atoms with Gasteiger partial charge in [-0.25, -0.2) is 0 Å². The van der Waals surface area contributed by atoms with Crippen LogP contribution < -0.4 is 4.74 Å². The van der Waals surface area contributed by atoms with Gasteiger partial charge in [-0.1, -0.05) is 12.1 Å². The molecule has 102 valence electrons. The van der Waals surface area contributed by atoms with Crippen LogP contribution in [0, 0.1) is 17.0 Å². The van der Waals surface area contributed by atoms with Gasteiger partial charge in [0.25, 0.3) is 5.69 Å². The number of rotatable bonds is 4. The van der Waals surface area contributed by atoms with Crippen LogP contribution in [0.15, 0.2) is 42.5 Å². The van der Waals surface area contributed by atoms with Crippen molar-refractivity contribution in [1.82, 2.24) is 0 Å². The molecule has 0 bridgehead atoms. The number of ether oxygens (including phenoxy) is 1. The predicted molar refractivity (Wildman–Crippen MR) is 74.4 cm³/mol. The average Bonchev–Trinajstić information content (AvgIpc) is 2.41. The molecule has 0 aliphatic carbocycles. The highest BCUT2D eigenvalue weighted by Gasteiger charge is 2.13. The van der Waals surface area contributed by atoms with Gasteiger partial charge in [-0.3, -0.25) is 14.9 Å². The molecule has 5 heteroatoms. The number of ketones is 1. The van der Waals surface area contributed by atoms with E-state index < -0.39 is 4.92 Å². The maximum absolute atomic E-state index is 11.5. The summed E-state index contributed by atoms with van der Waals surface area (Å²) >= 11 is 0. The summed E-state index contributed by atoms with van der Waals surface area (Å²) in [6, 6.07) is 11.2. The molecule has 0 aliphatic heterocycles. The molecule has 0 heterocycles. The van der Waals surface area contributed by atoms with E-state index in [0.29, 0.717) is 17.1 Å². The van der Waals surface area contributed by atoms with Crippen molar-refractivity contribution < 1.29 is 14.5 Å². The number of hydrogen-bond donors (Lipinski definition) is 0. The van der Waals surface area contributed by atoms with Crippen molar-refractivity contribution in [3.63, 3.8) is 0 Å². The molecule has 2 aromatic carbocycles. The zero-order valence-corrected chi connectivity index (χ0v) is 11.1. The number of aryl methyl sites for hydroxylation is 1. The van der Waals surface area contributed by atoms with Gasteiger partial charge in [-0.15, -0.1) is 0 Å². The van der Waals surface area contributed by atoms with E-state index in [9.17, 15) is 14.9 Å². The Hall–Kier alpha value is -2.69. The van der Waals surface area contributed by atoms with E-state index in [1.54, 1.807) is 37.3 Å². The fourth-order valence-electron chi connectivity index (χ4n) is 1.78. The van der Waals surface area contributed by atoms with E-state index in [-0.39, 0.29) is 11.5 Å². The molecule has 0 spiro atoms. The first-order chi connectivity index (χ1) is 9.49.